The van der Waals surface area contributed by atoms with Gasteiger partial charge in [0.1, 0.15) is 13.2 Å². The van der Waals surface area contributed by atoms with Crippen molar-refractivity contribution in [3.63, 3.8) is 0 Å². The molecule has 414 valence electrons. The van der Waals surface area contributed by atoms with Gasteiger partial charge in [-0.25, -0.2) is 0 Å². The summed E-state index contributed by atoms with van der Waals surface area (Å²) in [4.78, 5) is 79.7. The summed E-state index contributed by atoms with van der Waals surface area (Å²) in [6.07, 6.45) is 4.01. The van der Waals surface area contributed by atoms with Crippen LogP contribution >= 0.6 is 0 Å². The Bertz CT molecular complexity index is 2710. The number of methoxy groups -OCH3 is 2. The highest BCUT2D eigenvalue weighted by atomic mass is 16.6. The van der Waals surface area contributed by atoms with E-state index in [4.69, 9.17) is 37.9 Å². The molecule has 5 aliphatic rings. The summed E-state index contributed by atoms with van der Waals surface area (Å²) in [5.41, 5.74) is 6.57. The first-order valence-electron chi connectivity index (χ1n) is 26.0. The van der Waals surface area contributed by atoms with Crippen LogP contribution in [0.5, 0.6) is 23.0 Å². The zero-order chi connectivity index (χ0) is 55.0. The Labute approximate surface area is 453 Å². The number of ether oxygens (including phenoxy) is 8. The molecule has 0 spiro atoms. The van der Waals surface area contributed by atoms with Gasteiger partial charge in [0.15, 0.2) is 23.0 Å². The lowest BCUT2D eigenvalue weighted by atomic mass is 10.1. The number of hydrogen-bond donors (Lipinski definition) is 4. The number of fused-ring (bicyclic) bond motifs is 4. The van der Waals surface area contributed by atoms with E-state index in [1.165, 1.54) is 26.4 Å². The fourth-order valence-corrected chi connectivity index (χ4v) is 9.52. The summed E-state index contributed by atoms with van der Waals surface area (Å²) in [7, 11) is 3.07. The first kappa shape index (κ1) is 56.3. The number of nitrogens with one attached hydrogen (secondary N) is 4. The van der Waals surface area contributed by atoms with Crippen molar-refractivity contribution in [3.8, 4) is 34.8 Å². The Morgan fingerprint density at radius 3 is 1.62 bits per heavy atom. The van der Waals surface area contributed by atoms with Crippen LogP contribution in [0.25, 0.3) is 0 Å². The average molecular weight is 1070 g/mol. The van der Waals surface area contributed by atoms with Gasteiger partial charge in [-0.3, -0.25) is 33.7 Å². The van der Waals surface area contributed by atoms with Gasteiger partial charge in [-0.1, -0.05) is 36.1 Å². The summed E-state index contributed by atoms with van der Waals surface area (Å²) in [6.45, 7) is 13.5. The summed E-state index contributed by atoms with van der Waals surface area (Å²) in [5, 5.41) is 12.4. The molecular formula is C57H67N7O14. The fourth-order valence-electron chi connectivity index (χ4n) is 9.52. The summed E-state index contributed by atoms with van der Waals surface area (Å²) in [6, 6.07) is 12.8. The third-order valence-electron chi connectivity index (χ3n) is 13.4. The van der Waals surface area contributed by atoms with E-state index in [2.05, 4.69) is 46.3 Å². The third-order valence-corrected chi connectivity index (χ3v) is 13.4. The smallest absolute Gasteiger partial charge is 0.256 e. The molecule has 2 fully saturated rings. The van der Waals surface area contributed by atoms with E-state index in [9.17, 15) is 28.8 Å². The van der Waals surface area contributed by atoms with Gasteiger partial charge >= 0.3 is 0 Å². The van der Waals surface area contributed by atoms with Gasteiger partial charge in [0.05, 0.1) is 108 Å². The van der Waals surface area contributed by atoms with Crippen LogP contribution in [-0.4, -0.2) is 175 Å². The SMILES string of the molecule is C=C1C[C@H]2CNc3cc(OCc4cc(C#CCNC(=O)CCOCCOCCOCCOCCNC(=O)CCN5C(=O)C=CC5=O)cc(COc5cc6c(cc5OC)C(=O)N5CC(=C)C[C@H]5CN6)c4)c(OC)cc3C(=O)N2C1. The van der Waals surface area contributed by atoms with Gasteiger partial charge in [-0.05, 0) is 54.3 Å². The molecule has 3 aromatic carbocycles. The first-order valence-corrected chi connectivity index (χ1v) is 26.0. The fraction of sp³-hybridized carbons (Fsp3) is 0.439. The minimum atomic E-state index is -0.418. The third kappa shape index (κ3) is 15.0. The van der Waals surface area contributed by atoms with E-state index < -0.39 is 11.8 Å². The van der Waals surface area contributed by atoms with E-state index in [1.807, 2.05) is 28.0 Å². The average Bonchev–Trinajstić information content (AvgIpc) is 4.09. The van der Waals surface area contributed by atoms with Crippen LogP contribution in [-0.2, 0) is 51.3 Å². The van der Waals surface area contributed by atoms with Crippen LogP contribution in [0, 0.1) is 11.8 Å². The van der Waals surface area contributed by atoms with E-state index >= 15 is 0 Å². The van der Waals surface area contributed by atoms with Crippen molar-refractivity contribution in [2.24, 2.45) is 0 Å². The van der Waals surface area contributed by atoms with Crippen LogP contribution in [0.3, 0.4) is 0 Å². The van der Waals surface area contributed by atoms with Gasteiger partial charge in [-0.15, -0.1) is 0 Å². The molecule has 5 aliphatic heterocycles. The molecule has 0 radical (unpaired) electrons. The number of nitrogens with zero attached hydrogens (tertiary/aromatic N) is 3. The largest absolute Gasteiger partial charge is 0.493 e. The summed E-state index contributed by atoms with van der Waals surface area (Å²) >= 11 is 0. The molecule has 8 rings (SSSR count). The lowest BCUT2D eigenvalue weighted by Gasteiger charge is -2.21. The monoisotopic (exact) mass is 1070 g/mol. The standard InChI is InChI=1S/C57H67N7O14/c1-37-22-42-31-60-46-29-50(48(71-3)27-44(46)56(69)63(42)33-37)77-35-40-24-39(25-41(26-40)36-78-51-30-47-45(28-49(51)72-4)57(70)64-34-38(2)23-43(64)32-61-47)6-5-11-58-53(66)10-14-73-16-18-75-20-21-76-19-17-74-15-12-59-52(65)9-13-62-54(67)7-8-55(62)68/h7-8,24-30,42-43,60-61H,1-2,9-23,31-36H2,3-4H3,(H,58,66)(H,59,65)/t42-,43-/m0/s1. The molecule has 0 aromatic heterocycles. The van der Waals surface area contributed by atoms with Crippen molar-refractivity contribution >= 4 is 46.8 Å². The van der Waals surface area contributed by atoms with Gasteiger partial charge in [0, 0.05) is 82.0 Å². The van der Waals surface area contributed by atoms with Crippen LogP contribution in [0.4, 0.5) is 11.4 Å². The molecule has 0 bridgehead atoms. The van der Waals surface area contributed by atoms with Gasteiger partial charge in [0.2, 0.25) is 11.8 Å². The van der Waals surface area contributed by atoms with Crippen LogP contribution in [0.15, 0.2) is 78.9 Å². The number of carbonyl (C=O) groups excluding carboxylic acids is 6. The second kappa shape index (κ2) is 27.4. The van der Waals surface area contributed by atoms with E-state index in [-0.39, 0.29) is 94.6 Å². The maximum absolute atomic E-state index is 13.6. The molecule has 0 unspecified atom stereocenters. The molecular weight excluding hydrogens is 1010 g/mol. The molecule has 0 aliphatic carbocycles. The molecule has 6 amide bonds. The summed E-state index contributed by atoms with van der Waals surface area (Å²) in [5.74, 6) is 6.43. The Hall–Kier alpha value is -7.90. The molecule has 3 aromatic rings. The van der Waals surface area contributed by atoms with Gasteiger partial charge < -0.3 is 69.0 Å². The van der Waals surface area contributed by atoms with E-state index in [0.717, 1.165) is 40.0 Å². The number of carbonyl (C=O) groups is 6. The van der Waals surface area contributed by atoms with Crippen LogP contribution in [0.2, 0.25) is 0 Å². The second-order valence-electron chi connectivity index (χ2n) is 19.1. The first-order chi connectivity index (χ1) is 37.9. The van der Waals surface area contributed by atoms with Crippen molar-refractivity contribution in [3.05, 3.63) is 107 Å². The summed E-state index contributed by atoms with van der Waals surface area (Å²) < 4.78 is 46.3. The number of benzene rings is 3. The molecule has 5 heterocycles. The van der Waals surface area contributed by atoms with Crippen LogP contribution in [0.1, 0.15) is 63.1 Å². The highest BCUT2D eigenvalue weighted by Crippen LogP contribution is 2.40. The molecule has 21 nitrogen and oxygen atoms in total. The number of amides is 6. The Morgan fingerprint density at radius 1 is 0.615 bits per heavy atom. The molecule has 2 saturated heterocycles. The highest BCUT2D eigenvalue weighted by Gasteiger charge is 2.37. The molecule has 2 atom stereocenters. The highest BCUT2D eigenvalue weighted by molar-refractivity contribution is 6.13. The topological polar surface area (TPSA) is 234 Å². The molecule has 78 heavy (non-hydrogen) atoms. The molecule has 0 saturated carbocycles. The van der Waals surface area contributed by atoms with Crippen LogP contribution < -0.4 is 40.2 Å². The van der Waals surface area contributed by atoms with Crippen molar-refractivity contribution < 1.29 is 66.7 Å². The second-order valence-corrected chi connectivity index (χ2v) is 19.1. The lowest BCUT2D eigenvalue weighted by molar-refractivity contribution is -0.137. The Balaban J connectivity index is 0.785. The zero-order valence-electron chi connectivity index (χ0n) is 44.2. The Kier molecular flexibility index (Phi) is 19.8. The molecule has 21 heteroatoms. The minimum absolute atomic E-state index is 0.0167. The van der Waals surface area contributed by atoms with Crippen molar-refractivity contribution in [2.45, 2.75) is 51.0 Å². The number of hydrogen-bond acceptors (Lipinski definition) is 16. The Morgan fingerprint density at radius 2 is 1.10 bits per heavy atom. The lowest BCUT2D eigenvalue weighted by Crippen LogP contribution is -2.36. The van der Waals surface area contributed by atoms with E-state index in [1.54, 1.807) is 24.3 Å². The van der Waals surface area contributed by atoms with Crippen molar-refractivity contribution in [1.29, 1.82) is 0 Å². The predicted molar refractivity (Wildman–Crippen MR) is 287 cm³/mol. The van der Waals surface area contributed by atoms with E-state index in [0.29, 0.717) is 117 Å². The predicted octanol–water partition coefficient (Wildman–Crippen LogP) is 3.61. The maximum atomic E-state index is 13.6. The minimum Gasteiger partial charge on any atom is -0.493 e. The maximum Gasteiger partial charge on any atom is 0.256 e. The van der Waals surface area contributed by atoms with Gasteiger partial charge in [0.25, 0.3) is 23.6 Å². The molecule has 4 N–H and O–H groups in total. The normalized spacial score (nSPS) is 17.2. The van der Waals surface area contributed by atoms with Crippen molar-refractivity contribution in [1.82, 2.24) is 25.3 Å². The number of rotatable bonds is 27. The zero-order valence-corrected chi connectivity index (χ0v) is 44.2. The quantitative estimate of drug-likeness (QED) is 0.0370. The van der Waals surface area contributed by atoms with Gasteiger partial charge in [-0.2, -0.15) is 0 Å². The number of imide groups is 1. The van der Waals surface area contributed by atoms with Crippen molar-refractivity contribution in [2.75, 3.05) is 124 Å². The number of anilines is 2.